The third kappa shape index (κ3) is 3.72. The predicted octanol–water partition coefficient (Wildman–Crippen LogP) is 3.61. The summed E-state index contributed by atoms with van der Waals surface area (Å²) in [4.78, 5) is 20.4. The van der Waals surface area contributed by atoms with Crippen LogP contribution in [0.3, 0.4) is 0 Å². The molecular formula is C20H15N3O4. The maximum absolute atomic E-state index is 12.1. The highest BCUT2D eigenvalue weighted by Gasteiger charge is 2.14. The molecule has 7 nitrogen and oxygen atoms in total. The number of hydrogen-bond donors (Lipinski definition) is 2. The fourth-order valence-electron chi connectivity index (χ4n) is 2.54. The van der Waals surface area contributed by atoms with Crippen molar-refractivity contribution in [3.05, 3.63) is 67.0 Å². The van der Waals surface area contributed by atoms with Crippen LogP contribution in [0.2, 0.25) is 0 Å². The van der Waals surface area contributed by atoms with Crippen LogP contribution < -0.4 is 10.1 Å². The highest BCUT2D eigenvalue weighted by Crippen LogP contribution is 2.33. The smallest absolute Gasteiger partial charge is 0.262 e. The van der Waals surface area contributed by atoms with Gasteiger partial charge in [-0.25, -0.2) is 4.98 Å². The molecule has 0 spiro atoms. The van der Waals surface area contributed by atoms with Crippen LogP contribution in [0, 0.1) is 0 Å². The average Bonchev–Trinajstić information content (AvgIpc) is 3.13. The van der Waals surface area contributed by atoms with E-state index in [0.29, 0.717) is 28.1 Å². The van der Waals surface area contributed by atoms with Crippen LogP contribution in [-0.4, -0.2) is 27.6 Å². The Balaban J connectivity index is 1.51. The van der Waals surface area contributed by atoms with Crippen LogP contribution in [-0.2, 0) is 4.79 Å². The summed E-state index contributed by atoms with van der Waals surface area (Å²) in [6, 6.07) is 15.4. The Labute approximate surface area is 154 Å². The van der Waals surface area contributed by atoms with Crippen LogP contribution in [0.4, 0.5) is 5.69 Å². The standard InChI is InChI=1S/C20H15N3O4/c24-17-7-6-13(22-19(25)12-26-14-4-2-1-3-5-14)10-15(17)20-23-16-11-21-9-8-18(16)27-20/h1-11,24H,12H2,(H,22,25). The van der Waals surface area contributed by atoms with Crippen molar-refractivity contribution in [1.29, 1.82) is 0 Å². The second-order valence-corrected chi connectivity index (χ2v) is 5.74. The Morgan fingerprint density at radius 3 is 2.81 bits per heavy atom. The van der Waals surface area contributed by atoms with E-state index in [1.165, 1.54) is 6.07 Å². The van der Waals surface area contributed by atoms with E-state index in [1.807, 2.05) is 18.2 Å². The molecule has 4 rings (SSSR count). The zero-order valence-electron chi connectivity index (χ0n) is 14.1. The number of amides is 1. The lowest BCUT2D eigenvalue weighted by Gasteiger charge is -2.09. The number of nitrogens with one attached hydrogen (secondary N) is 1. The fourth-order valence-corrected chi connectivity index (χ4v) is 2.54. The van der Waals surface area contributed by atoms with Crippen LogP contribution in [0.1, 0.15) is 0 Å². The number of phenolic OH excluding ortho intramolecular Hbond substituents is 1. The maximum Gasteiger partial charge on any atom is 0.262 e. The van der Waals surface area contributed by atoms with E-state index in [4.69, 9.17) is 9.15 Å². The molecule has 0 aliphatic heterocycles. The molecule has 0 unspecified atom stereocenters. The number of carbonyl (C=O) groups excluding carboxylic acids is 1. The maximum atomic E-state index is 12.1. The van der Waals surface area contributed by atoms with Crippen LogP contribution in [0.5, 0.6) is 11.5 Å². The quantitative estimate of drug-likeness (QED) is 0.527. The van der Waals surface area contributed by atoms with Gasteiger partial charge in [0, 0.05) is 18.0 Å². The zero-order valence-corrected chi connectivity index (χ0v) is 14.1. The van der Waals surface area contributed by atoms with Crippen molar-refractivity contribution in [1.82, 2.24) is 9.97 Å². The number of oxazole rings is 1. The van der Waals surface area contributed by atoms with E-state index in [2.05, 4.69) is 15.3 Å². The van der Waals surface area contributed by atoms with Gasteiger partial charge in [-0.05, 0) is 30.3 Å². The van der Waals surface area contributed by atoms with Crippen molar-refractivity contribution >= 4 is 22.7 Å². The van der Waals surface area contributed by atoms with Gasteiger partial charge in [-0.15, -0.1) is 0 Å². The molecule has 0 bridgehead atoms. The normalized spacial score (nSPS) is 10.7. The zero-order chi connectivity index (χ0) is 18.6. The molecule has 2 N–H and O–H groups in total. The molecule has 2 heterocycles. The summed E-state index contributed by atoms with van der Waals surface area (Å²) < 4.78 is 11.1. The summed E-state index contributed by atoms with van der Waals surface area (Å²) in [5, 5.41) is 12.9. The number of para-hydroxylation sites is 1. The van der Waals surface area contributed by atoms with Crippen molar-refractivity contribution in [2.75, 3.05) is 11.9 Å². The number of ether oxygens (including phenoxy) is 1. The van der Waals surface area contributed by atoms with E-state index in [-0.39, 0.29) is 24.2 Å². The summed E-state index contributed by atoms with van der Waals surface area (Å²) in [5.41, 5.74) is 2.00. The summed E-state index contributed by atoms with van der Waals surface area (Å²) >= 11 is 0. The van der Waals surface area contributed by atoms with Gasteiger partial charge in [0.2, 0.25) is 5.89 Å². The van der Waals surface area contributed by atoms with Crippen molar-refractivity contribution < 1.29 is 19.1 Å². The predicted molar refractivity (Wildman–Crippen MR) is 99.5 cm³/mol. The van der Waals surface area contributed by atoms with E-state index in [1.54, 1.807) is 42.7 Å². The van der Waals surface area contributed by atoms with Crippen molar-refractivity contribution in [2.24, 2.45) is 0 Å². The Hall–Kier alpha value is -3.87. The summed E-state index contributed by atoms with van der Waals surface area (Å²) in [5.74, 6) is 0.525. The molecular weight excluding hydrogens is 346 g/mol. The van der Waals surface area contributed by atoms with Crippen molar-refractivity contribution in [3.63, 3.8) is 0 Å². The van der Waals surface area contributed by atoms with Gasteiger partial charge in [-0.3, -0.25) is 9.78 Å². The number of aromatic nitrogens is 2. The summed E-state index contributed by atoms with van der Waals surface area (Å²) in [6.07, 6.45) is 3.17. The van der Waals surface area contributed by atoms with Gasteiger partial charge >= 0.3 is 0 Å². The monoisotopic (exact) mass is 361 g/mol. The Morgan fingerprint density at radius 1 is 1.15 bits per heavy atom. The molecule has 2 aromatic carbocycles. The van der Waals surface area contributed by atoms with Gasteiger partial charge in [-0.1, -0.05) is 18.2 Å². The SMILES string of the molecule is O=C(COc1ccccc1)Nc1ccc(O)c(-c2nc3cnccc3o2)c1. The topological polar surface area (TPSA) is 97.5 Å². The largest absolute Gasteiger partial charge is 0.507 e. The molecule has 0 aliphatic rings. The summed E-state index contributed by atoms with van der Waals surface area (Å²) in [6.45, 7) is -0.130. The first kappa shape index (κ1) is 16.6. The minimum Gasteiger partial charge on any atom is -0.507 e. The number of aromatic hydroxyl groups is 1. The van der Waals surface area contributed by atoms with E-state index in [0.717, 1.165) is 0 Å². The van der Waals surface area contributed by atoms with Gasteiger partial charge < -0.3 is 19.6 Å². The lowest BCUT2D eigenvalue weighted by atomic mass is 10.1. The molecule has 0 saturated carbocycles. The highest BCUT2D eigenvalue weighted by atomic mass is 16.5. The van der Waals surface area contributed by atoms with Gasteiger partial charge in [0.1, 0.15) is 17.0 Å². The first-order valence-electron chi connectivity index (χ1n) is 8.21. The minimum absolute atomic E-state index is 0.00644. The number of fused-ring (bicyclic) bond motifs is 1. The number of rotatable bonds is 5. The third-order valence-corrected chi connectivity index (χ3v) is 3.81. The number of hydrogen-bond acceptors (Lipinski definition) is 6. The molecule has 0 radical (unpaired) electrons. The fraction of sp³-hybridized carbons (Fsp3) is 0.0500. The highest BCUT2D eigenvalue weighted by molar-refractivity contribution is 5.93. The summed E-state index contributed by atoms with van der Waals surface area (Å²) in [7, 11) is 0. The van der Waals surface area contributed by atoms with E-state index < -0.39 is 0 Å². The minimum atomic E-state index is -0.322. The average molecular weight is 361 g/mol. The molecule has 1 amide bonds. The molecule has 7 heteroatoms. The molecule has 27 heavy (non-hydrogen) atoms. The van der Waals surface area contributed by atoms with Gasteiger partial charge in [0.15, 0.2) is 12.2 Å². The Morgan fingerprint density at radius 2 is 2.00 bits per heavy atom. The second kappa shape index (κ2) is 7.17. The second-order valence-electron chi connectivity index (χ2n) is 5.74. The molecule has 0 aliphatic carbocycles. The number of anilines is 1. The lowest BCUT2D eigenvalue weighted by molar-refractivity contribution is -0.118. The van der Waals surface area contributed by atoms with Gasteiger partial charge in [0.05, 0.1) is 11.8 Å². The lowest BCUT2D eigenvalue weighted by Crippen LogP contribution is -2.20. The van der Waals surface area contributed by atoms with Crippen LogP contribution >= 0.6 is 0 Å². The Kier molecular flexibility index (Phi) is 4.40. The molecule has 0 saturated heterocycles. The number of phenols is 1. The van der Waals surface area contributed by atoms with Crippen LogP contribution in [0.15, 0.2) is 71.4 Å². The number of pyridine rings is 1. The molecule has 4 aromatic rings. The first-order chi connectivity index (χ1) is 13.2. The molecule has 0 fully saturated rings. The van der Waals surface area contributed by atoms with E-state index in [9.17, 15) is 9.90 Å². The van der Waals surface area contributed by atoms with Gasteiger partial charge in [0.25, 0.3) is 5.91 Å². The number of nitrogens with zero attached hydrogens (tertiary/aromatic N) is 2. The first-order valence-corrected chi connectivity index (χ1v) is 8.21. The molecule has 2 aromatic heterocycles. The number of carbonyl (C=O) groups is 1. The van der Waals surface area contributed by atoms with Gasteiger partial charge in [-0.2, -0.15) is 0 Å². The third-order valence-electron chi connectivity index (χ3n) is 3.81. The van der Waals surface area contributed by atoms with Crippen molar-refractivity contribution in [3.8, 4) is 23.0 Å². The Bertz CT molecular complexity index is 1060. The van der Waals surface area contributed by atoms with E-state index >= 15 is 0 Å². The molecule has 0 atom stereocenters. The molecule has 134 valence electrons. The van der Waals surface area contributed by atoms with Crippen LogP contribution in [0.25, 0.3) is 22.6 Å². The van der Waals surface area contributed by atoms with Crippen molar-refractivity contribution in [2.45, 2.75) is 0 Å². The number of benzene rings is 2.